The average Bonchev–Trinajstić information content (AvgIpc) is 2.65. The van der Waals surface area contributed by atoms with Gasteiger partial charge in [0.2, 0.25) is 5.91 Å². The van der Waals surface area contributed by atoms with Crippen molar-refractivity contribution in [3.8, 4) is 5.75 Å². The molecule has 0 N–H and O–H groups in total. The van der Waals surface area contributed by atoms with Crippen LogP contribution in [-0.2, 0) is 11.2 Å². The summed E-state index contributed by atoms with van der Waals surface area (Å²) in [6.45, 7) is 2.88. The van der Waals surface area contributed by atoms with Crippen LogP contribution >= 0.6 is 0 Å². The van der Waals surface area contributed by atoms with Gasteiger partial charge in [-0.15, -0.1) is 0 Å². The quantitative estimate of drug-likeness (QED) is 0.620. The number of benzene rings is 1. The van der Waals surface area contributed by atoms with Gasteiger partial charge < -0.3 is 14.5 Å². The Balaban J connectivity index is 0.00000171. The van der Waals surface area contributed by atoms with Gasteiger partial charge in [-0.1, -0.05) is 14.9 Å². The number of ether oxygens (including phenoxy) is 1. The summed E-state index contributed by atoms with van der Waals surface area (Å²) in [6.07, 6.45) is 3.81. The van der Waals surface area contributed by atoms with Crippen molar-refractivity contribution in [1.82, 2.24) is 4.98 Å². The predicted octanol–water partition coefficient (Wildman–Crippen LogP) is 4.97. The highest BCUT2D eigenvalue weighted by Crippen LogP contribution is 2.37. The summed E-state index contributed by atoms with van der Waals surface area (Å²) in [5, 5.41) is 0. The van der Waals surface area contributed by atoms with Gasteiger partial charge in [0.15, 0.2) is 17.5 Å². The van der Waals surface area contributed by atoms with Crippen molar-refractivity contribution >= 4 is 17.3 Å². The van der Waals surface area contributed by atoms with Crippen LogP contribution in [0.1, 0.15) is 40.3 Å². The Morgan fingerprint density at radius 3 is 2.35 bits per heavy atom. The van der Waals surface area contributed by atoms with Gasteiger partial charge in [0.25, 0.3) is 0 Å². The van der Waals surface area contributed by atoms with E-state index in [0.717, 1.165) is 48.5 Å². The maximum absolute atomic E-state index is 13.3. The number of fused-ring (bicyclic) bond motifs is 1. The molecular weight excluding hydrogens is 407 g/mol. The maximum Gasteiger partial charge on any atom is 0.246 e. The molecular formula is C23H30F3N3O2. The van der Waals surface area contributed by atoms with Gasteiger partial charge in [-0.25, -0.2) is 13.2 Å². The van der Waals surface area contributed by atoms with E-state index < -0.39 is 17.5 Å². The van der Waals surface area contributed by atoms with Crippen molar-refractivity contribution < 1.29 is 22.7 Å². The largest absolute Gasteiger partial charge is 0.490 e. The first-order valence-electron chi connectivity index (χ1n) is 9.67. The predicted molar refractivity (Wildman–Crippen MR) is 116 cm³/mol. The number of anilines is 2. The summed E-state index contributed by atoms with van der Waals surface area (Å²) in [7, 11) is 1.89. The second kappa shape index (κ2) is 9.58. The maximum atomic E-state index is 13.3. The van der Waals surface area contributed by atoms with E-state index in [1.54, 1.807) is 11.1 Å². The molecule has 170 valence electrons. The van der Waals surface area contributed by atoms with Crippen molar-refractivity contribution in [1.29, 1.82) is 0 Å². The lowest BCUT2D eigenvalue weighted by Gasteiger charge is -2.36. The van der Waals surface area contributed by atoms with Gasteiger partial charge in [0.1, 0.15) is 5.75 Å². The SMILES string of the molecule is C.C.CCN1C(=O)CN(C)c2cc(CC3CC(Oc4cc(F)c(F)c(F)c4)C3)ncc21. The number of rotatable bonds is 5. The fourth-order valence-corrected chi connectivity index (χ4v) is 3.98. The van der Waals surface area contributed by atoms with Crippen molar-refractivity contribution in [2.45, 2.75) is 47.1 Å². The first-order valence-corrected chi connectivity index (χ1v) is 9.67. The zero-order valence-electron chi connectivity index (χ0n) is 16.3. The Hall–Kier alpha value is -2.77. The molecule has 1 amide bonds. The molecule has 0 unspecified atom stereocenters. The second-order valence-corrected chi connectivity index (χ2v) is 7.64. The van der Waals surface area contributed by atoms with Gasteiger partial charge >= 0.3 is 0 Å². The van der Waals surface area contributed by atoms with E-state index in [1.807, 2.05) is 24.9 Å². The molecule has 4 rings (SSSR count). The summed E-state index contributed by atoms with van der Waals surface area (Å²) < 4.78 is 45.2. The van der Waals surface area contributed by atoms with Gasteiger partial charge in [0.05, 0.1) is 30.2 Å². The highest BCUT2D eigenvalue weighted by atomic mass is 19.2. The molecule has 2 aromatic rings. The highest BCUT2D eigenvalue weighted by Gasteiger charge is 2.33. The smallest absolute Gasteiger partial charge is 0.246 e. The molecule has 1 saturated carbocycles. The minimum absolute atomic E-state index is 0. The van der Waals surface area contributed by atoms with Crippen molar-refractivity contribution in [2.24, 2.45) is 5.92 Å². The molecule has 0 spiro atoms. The molecule has 8 heteroatoms. The molecule has 1 aromatic carbocycles. The molecule has 0 saturated heterocycles. The molecule has 1 aliphatic heterocycles. The number of hydrogen-bond acceptors (Lipinski definition) is 4. The molecule has 0 radical (unpaired) electrons. The number of aromatic nitrogens is 1. The number of nitrogens with zero attached hydrogens (tertiary/aromatic N) is 3. The highest BCUT2D eigenvalue weighted by molar-refractivity contribution is 6.02. The van der Waals surface area contributed by atoms with Crippen LogP contribution in [0.25, 0.3) is 0 Å². The molecule has 1 fully saturated rings. The van der Waals surface area contributed by atoms with E-state index in [2.05, 4.69) is 4.98 Å². The number of pyridine rings is 1. The van der Waals surface area contributed by atoms with Crippen LogP contribution in [0.3, 0.4) is 0 Å². The standard InChI is InChI=1S/C21H22F3N3O2.2CH4/c1-3-27-19-10-25-13(7-18(19)26(2)11-20(27)28)4-12-5-14(6-12)29-15-8-16(22)21(24)17(23)9-15;;/h7-10,12,14H,3-6,11H2,1-2H3;2*1H4. The lowest BCUT2D eigenvalue weighted by atomic mass is 9.79. The number of carbonyl (C=O) groups is 1. The number of hydrogen-bond donors (Lipinski definition) is 0. The normalized spacial score (nSPS) is 19.7. The Bertz CT molecular complexity index is 925. The van der Waals surface area contributed by atoms with Crippen LogP contribution < -0.4 is 14.5 Å². The molecule has 0 bridgehead atoms. The Kier molecular flexibility index (Phi) is 7.57. The van der Waals surface area contributed by atoms with Gasteiger partial charge in [0, 0.05) is 31.4 Å². The van der Waals surface area contributed by atoms with Crippen LogP contribution in [-0.4, -0.2) is 37.1 Å². The van der Waals surface area contributed by atoms with Gasteiger partial charge in [-0.05, 0) is 38.2 Å². The summed E-state index contributed by atoms with van der Waals surface area (Å²) in [5.74, 6) is -3.59. The van der Waals surface area contributed by atoms with Crippen molar-refractivity contribution in [3.63, 3.8) is 0 Å². The summed E-state index contributed by atoms with van der Waals surface area (Å²) in [6, 6.07) is 3.75. The second-order valence-electron chi connectivity index (χ2n) is 7.64. The fourth-order valence-electron chi connectivity index (χ4n) is 3.98. The van der Waals surface area contributed by atoms with Crippen LogP contribution in [0.15, 0.2) is 24.4 Å². The molecule has 2 aliphatic rings. The summed E-state index contributed by atoms with van der Waals surface area (Å²) >= 11 is 0. The van der Waals surface area contributed by atoms with Gasteiger partial charge in [-0.3, -0.25) is 9.78 Å². The number of carbonyl (C=O) groups excluding carboxylic acids is 1. The Morgan fingerprint density at radius 1 is 1.10 bits per heavy atom. The summed E-state index contributed by atoms with van der Waals surface area (Å²) in [5.41, 5.74) is 2.74. The van der Waals surface area contributed by atoms with Crippen LogP contribution in [0.4, 0.5) is 24.5 Å². The Morgan fingerprint density at radius 2 is 1.74 bits per heavy atom. The molecule has 31 heavy (non-hydrogen) atoms. The third-order valence-electron chi connectivity index (χ3n) is 5.56. The van der Waals surface area contributed by atoms with E-state index in [9.17, 15) is 18.0 Å². The molecule has 0 atom stereocenters. The lowest BCUT2D eigenvalue weighted by Crippen LogP contribution is -2.44. The molecule has 1 aliphatic carbocycles. The topological polar surface area (TPSA) is 45.7 Å². The van der Waals surface area contributed by atoms with Gasteiger partial charge in [-0.2, -0.15) is 0 Å². The van der Waals surface area contributed by atoms with E-state index in [0.29, 0.717) is 19.0 Å². The van der Waals surface area contributed by atoms with E-state index in [4.69, 9.17) is 4.74 Å². The lowest BCUT2D eigenvalue weighted by molar-refractivity contribution is -0.117. The molecule has 2 heterocycles. The number of amides is 1. The summed E-state index contributed by atoms with van der Waals surface area (Å²) in [4.78, 5) is 20.3. The van der Waals surface area contributed by atoms with E-state index in [-0.39, 0.29) is 32.6 Å². The number of halogens is 3. The third kappa shape index (κ3) is 4.78. The first-order chi connectivity index (χ1) is 13.9. The van der Waals surface area contributed by atoms with Crippen LogP contribution in [0.2, 0.25) is 0 Å². The van der Waals surface area contributed by atoms with Crippen molar-refractivity contribution in [3.05, 3.63) is 47.5 Å². The molecule has 5 nitrogen and oxygen atoms in total. The fraction of sp³-hybridized carbons (Fsp3) is 0.478. The monoisotopic (exact) mass is 437 g/mol. The van der Waals surface area contributed by atoms with Crippen LogP contribution in [0, 0.1) is 23.4 Å². The minimum atomic E-state index is -1.49. The van der Waals surface area contributed by atoms with Crippen LogP contribution in [0.5, 0.6) is 5.75 Å². The van der Waals surface area contributed by atoms with Crippen molar-refractivity contribution in [2.75, 3.05) is 29.9 Å². The first kappa shape index (κ1) is 24.5. The third-order valence-corrected chi connectivity index (χ3v) is 5.56. The zero-order valence-corrected chi connectivity index (χ0v) is 16.3. The minimum Gasteiger partial charge on any atom is -0.490 e. The van der Waals surface area contributed by atoms with E-state index >= 15 is 0 Å². The Labute approximate surface area is 181 Å². The number of likely N-dealkylation sites (N-methyl/N-ethyl adjacent to an activating group) is 2. The average molecular weight is 438 g/mol. The zero-order chi connectivity index (χ0) is 20.7. The molecule has 1 aromatic heterocycles. The van der Waals surface area contributed by atoms with E-state index in [1.165, 1.54) is 0 Å².